The molecular formula is C15H23N3O7. The predicted molar refractivity (Wildman–Crippen MR) is 84.7 cm³/mol. The highest BCUT2D eigenvalue weighted by atomic mass is 16.4. The molecular weight excluding hydrogens is 334 g/mol. The number of nitrogens with zero attached hydrogens (tertiary/aromatic N) is 1. The normalized spacial score (nSPS) is 19.5. The van der Waals surface area contributed by atoms with Crippen molar-refractivity contribution in [1.82, 2.24) is 10.2 Å². The van der Waals surface area contributed by atoms with E-state index in [0.29, 0.717) is 6.54 Å². The van der Waals surface area contributed by atoms with E-state index in [9.17, 15) is 24.0 Å². The lowest BCUT2D eigenvalue weighted by Crippen LogP contribution is -2.50. The smallest absolute Gasteiger partial charge is 0.303 e. The van der Waals surface area contributed by atoms with E-state index in [0.717, 1.165) is 0 Å². The fraction of sp³-hybridized carbons (Fsp3) is 0.667. The van der Waals surface area contributed by atoms with E-state index in [1.165, 1.54) is 4.90 Å². The summed E-state index contributed by atoms with van der Waals surface area (Å²) < 4.78 is 0. The Morgan fingerprint density at radius 1 is 1.16 bits per heavy atom. The number of rotatable bonds is 11. The van der Waals surface area contributed by atoms with Gasteiger partial charge in [-0.1, -0.05) is 0 Å². The molecule has 1 amide bonds. The number of amides is 1. The molecule has 1 aliphatic rings. The molecule has 0 saturated carbocycles. The summed E-state index contributed by atoms with van der Waals surface area (Å²) in [6.45, 7) is 0.342. The average Bonchev–Trinajstić information content (AvgIpc) is 2.85. The molecule has 0 aromatic heterocycles. The molecule has 25 heavy (non-hydrogen) atoms. The maximum atomic E-state index is 12.4. The number of hydrogen-bond acceptors (Lipinski definition) is 7. The molecule has 1 rings (SSSR count). The van der Waals surface area contributed by atoms with E-state index in [1.807, 2.05) is 0 Å². The van der Waals surface area contributed by atoms with Crippen molar-refractivity contribution in [3.63, 3.8) is 0 Å². The molecule has 5 N–H and O–H groups in total. The van der Waals surface area contributed by atoms with Gasteiger partial charge in [-0.3, -0.25) is 24.0 Å². The Labute approximate surface area is 144 Å². The molecule has 0 spiro atoms. The highest BCUT2D eigenvalue weighted by molar-refractivity contribution is 6.41. The molecule has 0 radical (unpaired) electrons. The van der Waals surface area contributed by atoms with Gasteiger partial charge in [-0.05, 0) is 12.8 Å². The van der Waals surface area contributed by atoms with Gasteiger partial charge in [0.1, 0.15) is 0 Å². The van der Waals surface area contributed by atoms with E-state index in [2.05, 4.69) is 5.32 Å². The van der Waals surface area contributed by atoms with Gasteiger partial charge >= 0.3 is 11.9 Å². The van der Waals surface area contributed by atoms with Gasteiger partial charge in [0.05, 0.1) is 12.1 Å². The third-order valence-electron chi connectivity index (χ3n) is 3.99. The SMILES string of the molecule is CN1C[C@@H](N[C@@H](CCC(=O)O)C(=O)C(=O)[C@@H](N)CCC(=O)O)CC1=O. The minimum Gasteiger partial charge on any atom is -0.481 e. The standard InChI is InChI=1S/C15H23N3O7/c1-18-7-8(6-11(18)19)17-10(3-5-13(22)23)15(25)14(24)9(16)2-4-12(20)21/h8-10,17H,2-7,16H2,1H3,(H,20,21)(H,22,23)/t8-,9-,10-/m0/s1. The Bertz CT molecular complexity index is 563. The summed E-state index contributed by atoms with van der Waals surface area (Å²) in [5.74, 6) is -4.21. The molecule has 3 atom stereocenters. The zero-order valence-electron chi connectivity index (χ0n) is 13.9. The number of aliphatic carboxylic acids is 2. The summed E-state index contributed by atoms with van der Waals surface area (Å²) in [4.78, 5) is 58.8. The molecule has 1 fully saturated rings. The van der Waals surface area contributed by atoms with Gasteiger partial charge in [-0.15, -0.1) is 0 Å². The van der Waals surface area contributed by atoms with E-state index >= 15 is 0 Å². The maximum Gasteiger partial charge on any atom is 0.303 e. The van der Waals surface area contributed by atoms with Crippen LogP contribution in [0.2, 0.25) is 0 Å². The Morgan fingerprint density at radius 3 is 2.20 bits per heavy atom. The number of carbonyl (C=O) groups is 5. The highest BCUT2D eigenvalue weighted by Gasteiger charge is 2.34. The topological polar surface area (TPSA) is 167 Å². The van der Waals surface area contributed by atoms with Crippen LogP contribution >= 0.6 is 0 Å². The number of carbonyl (C=O) groups excluding carboxylic acids is 3. The second kappa shape index (κ2) is 9.23. The monoisotopic (exact) mass is 357 g/mol. The zero-order chi connectivity index (χ0) is 19.1. The molecule has 10 heteroatoms. The molecule has 1 aliphatic heterocycles. The largest absolute Gasteiger partial charge is 0.481 e. The number of nitrogens with one attached hydrogen (secondary N) is 1. The van der Waals surface area contributed by atoms with Crippen molar-refractivity contribution in [2.75, 3.05) is 13.6 Å². The first-order chi connectivity index (χ1) is 11.6. The molecule has 140 valence electrons. The fourth-order valence-electron chi connectivity index (χ4n) is 2.58. The van der Waals surface area contributed by atoms with E-state index in [4.69, 9.17) is 15.9 Å². The number of nitrogens with two attached hydrogens (primary N) is 1. The quantitative estimate of drug-likeness (QED) is 0.317. The van der Waals surface area contributed by atoms with Crippen LogP contribution in [-0.2, 0) is 24.0 Å². The van der Waals surface area contributed by atoms with Crippen LogP contribution in [0.25, 0.3) is 0 Å². The second-order valence-corrected chi connectivity index (χ2v) is 6.09. The van der Waals surface area contributed by atoms with Crippen molar-refractivity contribution in [3.05, 3.63) is 0 Å². The summed E-state index contributed by atoms with van der Waals surface area (Å²) in [5, 5.41) is 20.3. The average molecular weight is 357 g/mol. The molecule has 1 heterocycles. The molecule has 0 unspecified atom stereocenters. The van der Waals surface area contributed by atoms with Crippen molar-refractivity contribution in [3.8, 4) is 0 Å². The lowest BCUT2D eigenvalue weighted by molar-refractivity contribution is -0.141. The molecule has 0 aromatic rings. The van der Waals surface area contributed by atoms with Gasteiger partial charge in [0.15, 0.2) is 0 Å². The first-order valence-electron chi connectivity index (χ1n) is 7.89. The van der Waals surface area contributed by atoms with Crippen LogP contribution in [0.5, 0.6) is 0 Å². The third kappa shape index (κ3) is 6.59. The highest BCUT2D eigenvalue weighted by Crippen LogP contribution is 2.12. The van der Waals surface area contributed by atoms with Gasteiger partial charge in [-0.2, -0.15) is 0 Å². The van der Waals surface area contributed by atoms with Crippen LogP contribution in [0.3, 0.4) is 0 Å². The van der Waals surface area contributed by atoms with Gasteiger partial charge in [0, 0.05) is 38.9 Å². The van der Waals surface area contributed by atoms with Crippen LogP contribution in [0, 0.1) is 0 Å². The molecule has 0 bridgehead atoms. The first kappa shape index (κ1) is 20.7. The minimum absolute atomic E-state index is 0.119. The van der Waals surface area contributed by atoms with Crippen molar-refractivity contribution in [2.24, 2.45) is 5.73 Å². The lowest BCUT2D eigenvalue weighted by atomic mass is 9.96. The maximum absolute atomic E-state index is 12.4. The second-order valence-electron chi connectivity index (χ2n) is 6.09. The fourth-order valence-corrected chi connectivity index (χ4v) is 2.58. The van der Waals surface area contributed by atoms with Crippen molar-refractivity contribution < 1.29 is 34.2 Å². The summed E-state index contributed by atoms with van der Waals surface area (Å²) in [6, 6.07) is -2.71. The van der Waals surface area contributed by atoms with Crippen molar-refractivity contribution in [2.45, 2.75) is 50.2 Å². The lowest BCUT2D eigenvalue weighted by Gasteiger charge is -2.21. The Kier molecular flexibility index (Phi) is 7.65. The summed E-state index contributed by atoms with van der Waals surface area (Å²) in [6.07, 6.45) is -0.852. The number of carboxylic acid groups (broad SMARTS) is 2. The first-order valence-corrected chi connectivity index (χ1v) is 7.89. The number of likely N-dealkylation sites (tertiary alicyclic amines) is 1. The van der Waals surface area contributed by atoms with E-state index < -0.39 is 35.6 Å². The summed E-state index contributed by atoms with van der Waals surface area (Å²) in [7, 11) is 1.60. The molecule has 10 nitrogen and oxygen atoms in total. The van der Waals surface area contributed by atoms with Crippen LogP contribution < -0.4 is 11.1 Å². The summed E-state index contributed by atoms with van der Waals surface area (Å²) >= 11 is 0. The number of carboxylic acids is 2. The Morgan fingerprint density at radius 2 is 1.72 bits per heavy atom. The zero-order valence-corrected chi connectivity index (χ0v) is 13.9. The number of Topliss-reactive ketones (excluding diaryl/α,β-unsaturated/α-hetero) is 2. The van der Waals surface area contributed by atoms with Gasteiger partial charge in [-0.25, -0.2) is 0 Å². The predicted octanol–water partition coefficient (Wildman–Crippen LogP) is -1.63. The Hall–Kier alpha value is -2.33. The molecule has 1 saturated heterocycles. The molecule has 0 aromatic carbocycles. The summed E-state index contributed by atoms with van der Waals surface area (Å²) in [5.41, 5.74) is 5.57. The van der Waals surface area contributed by atoms with Crippen LogP contribution in [0.1, 0.15) is 32.1 Å². The van der Waals surface area contributed by atoms with Gasteiger partial charge in [0.2, 0.25) is 17.5 Å². The third-order valence-corrected chi connectivity index (χ3v) is 3.99. The number of ketones is 2. The van der Waals surface area contributed by atoms with Gasteiger partial charge < -0.3 is 26.2 Å². The van der Waals surface area contributed by atoms with Crippen LogP contribution in [0.4, 0.5) is 0 Å². The van der Waals surface area contributed by atoms with Crippen LogP contribution in [0.15, 0.2) is 0 Å². The van der Waals surface area contributed by atoms with E-state index in [-0.39, 0.29) is 44.1 Å². The minimum atomic E-state index is -1.26. The van der Waals surface area contributed by atoms with Crippen molar-refractivity contribution in [1.29, 1.82) is 0 Å². The van der Waals surface area contributed by atoms with Crippen molar-refractivity contribution >= 4 is 29.4 Å². The van der Waals surface area contributed by atoms with E-state index in [1.54, 1.807) is 7.05 Å². The van der Waals surface area contributed by atoms with Gasteiger partial charge in [0.25, 0.3) is 0 Å². The molecule has 0 aliphatic carbocycles. The number of hydrogen-bond donors (Lipinski definition) is 4. The Balaban J connectivity index is 2.74. The number of likely N-dealkylation sites (N-methyl/N-ethyl adjacent to an activating group) is 1. The van der Waals surface area contributed by atoms with Crippen LogP contribution in [-0.4, -0.2) is 76.2 Å².